The van der Waals surface area contributed by atoms with Gasteiger partial charge in [-0.05, 0) is 40.5 Å². The summed E-state index contributed by atoms with van der Waals surface area (Å²) >= 11 is 3.34. The Hall–Kier alpha value is -2.54. The van der Waals surface area contributed by atoms with E-state index in [9.17, 15) is 9.59 Å². The van der Waals surface area contributed by atoms with Gasteiger partial charge in [0.2, 0.25) is 5.91 Å². The average Bonchev–Trinajstić information content (AvgIpc) is 2.66. The second-order valence-corrected chi connectivity index (χ2v) is 6.78. The molecule has 0 unspecified atom stereocenters. The second-order valence-electron chi connectivity index (χ2n) is 5.87. The van der Waals surface area contributed by atoms with E-state index in [1.807, 2.05) is 43.3 Å². The number of carbonyl (C=O) groups excluding carboxylic acids is 2. The van der Waals surface area contributed by atoms with Gasteiger partial charge in [0.05, 0.1) is 6.54 Å². The third-order valence-electron chi connectivity index (χ3n) is 4.08. The van der Waals surface area contributed by atoms with Crippen LogP contribution >= 0.6 is 15.9 Å². The summed E-state index contributed by atoms with van der Waals surface area (Å²) in [5, 5.41) is 5.73. The Morgan fingerprint density at radius 1 is 1.19 bits per heavy atom. The molecule has 3 rings (SSSR count). The predicted molar refractivity (Wildman–Crippen MR) is 104 cm³/mol. The van der Waals surface area contributed by atoms with E-state index in [2.05, 4.69) is 26.0 Å². The molecule has 1 aromatic heterocycles. The van der Waals surface area contributed by atoms with Gasteiger partial charge in [-0.15, -0.1) is 0 Å². The quantitative estimate of drug-likeness (QED) is 0.752. The molecule has 0 N–H and O–H groups in total. The van der Waals surface area contributed by atoms with Crippen molar-refractivity contribution in [2.45, 2.75) is 26.3 Å². The molecule has 0 spiro atoms. The fourth-order valence-corrected chi connectivity index (χ4v) is 2.96. The van der Waals surface area contributed by atoms with Gasteiger partial charge in [0.25, 0.3) is 5.91 Å². The largest absolute Gasteiger partial charge is 0.292 e. The summed E-state index contributed by atoms with van der Waals surface area (Å²) in [5.74, 6) is 0.276. The number of hydrogen-bond acceptors (Lipinski definition) is 4. The van der Waals surface area contributed by atoms with Crippen LogP contribution in [0.3, 0.4) is 0 Å². The number of hydrogen-bond donors (Lipinski definition) is 0. The smallest absolute Gasteiger partial charge is 0.275 e. The van der Waals surface area contributed by atoms with Crippen LogP contribution in [0.25, 0.3) is 0 Å². The normalized spacial score (nSPS) is 14.2. The van der Waals surface area contributed by atoms with Gasteiger partial charge < -0.3 is 0 Å². The van der Waals surface area contributed by atoms with Crippen molar-refractivity contribution in [3.8, 4) is 0 Å². The Balaban J connectivity index is 1.81. The van der Waals surface area contributed by atoms with Gasteiger partial charge >= 0.3 is 0 Å². The molecule has 1 aliphatic heterocycles. The highest BCUT2D eigenvalue weighted by Gasteiger charge is 2.28. The molecule has 2 amide bonds. The monoisotopic (exact) mass is 414 g/mol. The van der Waals surface area contributed by atoms with Gasteiger partial charge in [0.15, 0.2) is 0 Å². The van der Waals surface area contributed by atoms with Crippen molar-refractivity contribution in [3.05, 3.63) is 58.7 Å². The van der Waals surface area contributed by atoms with Crippen LogP contribution in [0.5, 0.6) is 0 Å². The number of carbonyl (C=O) groups is 2. The van der Waals surface area contributed by atoms with Crippen LogP contribution in [-0.4, -0.2) is 34.1 Å². The number of benzene rings is 1. The summed E-state index contributed by atoms with van der Waals surface area (Å²) in [6, 6.07) is 13.2. The van der Waals surface area contributed by atoms with E-state index in [0.29, 0.717) is 31.0 Å². The fraction of sp³-hybridized carbons (Fsp3) is 0.263. The highest BCUT2D eigenvalue weighted by molar-refractivity contribution is 9.10. The van der Waals surface area contributed by atoms with E-state index in [4.69, 9.17) is 0 Å². The summed E-state index contributed by atoms with van der Waals surface area (Å²) in [7, 11) is 0. The minimum atomic E-state index is -0.215. The number of amides is 2. The van der Waals surface area contributed by atoms with Crippen molar-refractivity contribution in [3.63, 3.8) is 0 Å². The SMILES string of the molecule is CCN(C(=O)C1=NN(Cc2ccccc2)C(=O)CC1)c1ccc(Br)cn1. The van der Waals surface area contributed by atoms with Crippen molar-refractivity contribution in [1.29, 1.82) is 0 Å². The molecule has 26 heavy (non-hydrogen) atoms. The number of nitrogens with zero attached hydrogens (tertiary/aromatic N) is 4. The van der Waals surface area contributed by atoms with Gasteiger partial charge in [-0.3, -0.25) is 14.5 Å². The standard InChI is InChI=1S/C19H19BrN4O2/c1-2-23(17-10-8-15(20)12-21-17)19(26)16-9-11-18(25)24(22-16)13-14-6-4-3-5-7-14/h3-8,10,12H,2,9,11,13H2,1H3. The molecule has 0 bridgehead atoms. The van der Waals surface area contributed by atoms with E-state index in [1.165, 1.54) is 5.01 Å². The van der Waals surface area contributed by atoms with E-state index < -0.39 is 0 Å². The van der Waals surface area contributed by atoms with Crippen LogP contribution in [0.2, 0.25) is 0 Å². The van der Waals surface area contributed by atoms with Crippen LogP contribution in [-0.2, 0) is 16.1 Å². The Morgan fingerprint density at radius 2 is 1.96 bits per heavy atom. The number of hydrazone groups is 1. The summed E-state index contributed by atoms with van der Waals surface area (Å²) in [5.41, 5.74) is 1.35. The Bertz CT molecular complexity index is 821. The van der Waals surface area contributed by atoms with E-state index >= 15 is 0 Å². The predicted octanol–water partition coefficient (Wildman–Crippen LogP) is 3.38. The van der Waals surface area contributed by atoms with E-state index in [-0.39, 0.29) is 18.2 Å². The molecule has 0 saturated heterocycles. The summed E-state index contributed by atoms with van der Waals surface area (Å²) < 4.78 is 0.847. The van der Waals surface area contributed by atoms with Crippen molar-refractivity contribution >= 4 is 39.3 Å². The maximum absolute atomic E-state index is 12.9. The molecule has 2 aromatic rings. The van der Waals surface area contributed by atoms with E-state index in [0.717, 1.165) is 10.0 Å². The first-order valence-electron chi connectivity index (χ1n) is 8.43. The van der Waals surface area contributed by atoms with Crippen LogP contribution in [0.4, 0.5) is 5.82 Å². The Morgan fingerprint density at radius 3 is 2.62 bits per heavy atom. The zero-order chi connectivity index (χ0) is 18.5. The van der Waals surface area contributed by atoms with Gasteiger partial charge in [-0.2, -0.15) is 5.10 Å². The molecule has 134 valence electrons. The lowest BCUT2D eigenvalue weighted by Crippen LogP contribution is -2.41. The lowest BCUT2D eigenvalue weighted by molar-refractivity contribution is -0.132. The molecule has 1 aromatic carbocycles. The zero-order valence-electron chi connectivity index (χ0n) is 14.4. The summed E-state index contributed by atoms with van der Waals surface area (Å²) in [4.78, 5) is 31.0. The number of aromatic nitrogens is 1. The van der Waals surface area contributed by atoms with Gasteiger partial charge in [0, 0.05) is 30.1 Å². The minimum absolute atomic E-state index is 0.0739. The lowest BCUT2D eigenvalue weighted by Gasteiger charge is -2.26. The molecule has 0 aliphatic carbocycles. The molecule has 1 aliphatic rings. The maximum Gasteiger partial charge on any atom is 0.275 e. The van der Waals surface area contributed by atoms with Crippen LogP contribution in [0.15, 0.2) is 58.2 Å². The number of anilines is 1. The van der Waals surface area contributed by atoms with Gasteiger partial charge in [-0.25, -0.2) is 9.99 Å². The molecular weight excluding hydrogens is 396 g/mol. The number of halogens is 1. The summed E-state index contributed by atoms with van der Waals surface area (Å²) in [6.07, 6.45) is 2.28. The van der Waals surface area contributed by atoms with Crippen molar-refractivity contribution in [1.82, 2.24) is 9.99 Å². The topological polar surface area (TPSA) is 65.9 Å². The first-order valence-corrected chi connectivity index (χ1v) is 9.23. The number of rotatable bonds is 5. The second kappa shape index (κ2) is 8.23. The third-order valence-corrected chi connectivity index (χ3v) is 4.55. The molecule has 0 saturated carbocycles. The molecular formula is C19H19BrN4O2. The van der Waals surface area contributed by atoms with E-state index in [1.54, 1.807) is 17.2 Å². The molecule has 0 radical (unpaired) electrons. The van der Waals surface area contributed by atoms with Crippen molar-refractivity contribution in [2.24, 2.45) is 5.10 Å². The third kappa shape index (κ3) is 4.16. The zero-order valence-corrected chi connectivity index (χ0v) is 16.0. The fourth-order valence-electron chi connectivity index (χ4n) is 2.73. The van der Waals surface area contributed by atoms with Gasteiger partial charge in [-0.1, -0.05) is 30.3 Å². The lowest BCUT2D eigenvalue weighted by atomic mass is 10.1. The highest BCUT2D eigenvalue weighted by Crippen LogP contribution is 2.19. The molecule has 7 heteroatoms. The van der Waals surface area contributed by atoms with Crippen molar-refractivity contribution in [2.75, 3.05) is 11.4 Å². The highest BCUT2D eigenvalue weighted by atomic mass is 79.9. The van der Waals surface area contributed by atoms with Crippen LogP contribution in [0, 0.1) is 0 Å². The average molecular weight is 415 g/mol. The molecule has 2 heterocycles. The maximum atomic E-state index is 12.9. The number of pyridine rings is 1. The molecule has 0 fully saturated rings. The first kappa shape index (κ1) is 18.3. The first-order chi connectivity index (χ1) is 12.6. The molecule has 6 nitrogen and oxygen atoms in total. The summed E-state index contributed by atoms with van der Waals surface area (Å²) in [6.45, 7) is 2.72. The Kier molecular flexibility index (Phi) is 5.78. The van der Waals surface area contributed by atoms with Gasteiger partial charge in [0.1, 0.15) is 11.5 Å². The Labute approximate surface area is 160 Å². The van der Waals surface area contributed by atoms with Crippen LogP contribution < -0.4 is 4.90 Å². The van der Waals surface area contributed by atoms with Crippen molar-refractivity contribution < 1.29 is 9.59 Å². The van der Waals surface area contributed by atoms with Crippen LogP contribution in [0.1, 0.15) is 25.3 Å². The molecule has 0 atom stereocenters. The minimum Gasteiger partial charge on any atom is -0.292 e.